The van der Waals surface area contributed by atoms with Gasteiger partial charge in [-0.25, -0.2) is 0 Å². The first-order valence-electron chi connectivity index (χ1n) is 10.3. The lowest BCUT2D eigenvalue weighted by molar-refractivity contribution is 0.221. The van der Waals surface area contributed by atoms with E-state index in [0.29, 0.717) is 12.3 Å². The maximum absolute atomic E-state index is 9.36. The summed E-state index contributed by atoms with van der Waals surface area (Å²) in [5.74, 6) is 2.16. The first kappa shape index (κ1) is 20.3. The second-order valence-electron chi connectivity index (χ2n) is 7.19. The summed E-state index contributed by atoms with van der Waals surface area (Å²) >= 11 is 0. The molecule has 1 aliphatic rings. The fraction of sp³-hybridized carbons (Fsp3) is 0.500. The molecule has 6 heteroatoms. The number of nitrogens with one attached hydrogen (secondary N) is 2. The number of nitrogens with zero attached hydrogens (tertiary/aromatic N) is 2. The van der Waals surface area contributed by atoms with Gasteiger partial charge in [0.05, 0.1) is 18.8 Å². The SMILES string of the molecule is CCNC(=NCC(c1ccco1)N1CCCC1)NCCCc1ccc(O)cc1. The van der Waals surface area contributed by atoms with Crippen LogP contribution in [0.4, 0.5) is 0 Å². The molecule has 1 aromatic heterocycles. The predicted octanol–water partition coefficient (Wildman–Crippen LogP) is 3.31. The maximum Gasteiger partial charge on any atom is 0.191 e. The van der Waals surface area contributed by atoms with Crippen molar-refractivity contribution in [2.24, 2.45) is 4.99 Å². The highest BCUT2D eigenvalue weighted by molar-refractivity contribution is 5.79. The van der Waals surface area contributed by atoms with Crippen molar-refractivity contribution in [2.75, 3.05) is 32.7 Å². The number of aliphatic imine (C=N–C) groups is 1. The van der Waals surface area contributed by atoms with Crippen molar-refractivity contribution < 1.29 is 9.52 Å². The van der Waals surface area contributed by atoms with E-state index in [2.05, 4.69) is 28.5 Å². The normalized spacial score (nSPS) is 16.2. The molecule has 0 spiro atoms. The molecular weight excluding hydrogens is 352 g/mol. The Morgan fingerprint density at radius 2 is 1.96 bits per heavy atom. The molecule has 2 heterocycles. The van der Waals surface area contributed by atoms with Gasteiger partial charge in [-0.3, -0.25) is 9.89 Å². The lowest BCUT2D eigenvalue weighted by Gasteiger charge is -2.24. The molecule has 0 aliphatic carbocycles. The highest BCUT2D eigenvalue weighted by atomic mass is 16.3. The Bertz CT molecular complexity index is 707. The topological polar surface area (TPSA) is 73.0 Å². The predicted molar refractivity (Wildman–Crippen MR) is 113 cm³/mol. The monoisotopic (exact) mass is 384 g/mol. The molecule has 1 saturated heterocycles. The number of furan rings is 1. The minimum atomic E-state index is 0.199. The molecule has 2 aromatic rings. The molecule has 28 heavy (non-hydrogen) atoms. The molecule has 3 N–H and O–H groups in total. The average Bonchev–Trinajstić information content (AvgIpc) is 3.41. The van der Waals surface area contributed by atoms with Crippen LogP contribution in [0.3, 0.4) is 0 Å². The molecule has 152 valence electrons. The zero-order valence-electron chi connectivity index (χ0n) is 16.7. The first-order valence-corrected chi connectivity index (χ1v) is 10.3. The zero-order chi connectivity index (χ0) is 19.6. The number of hydrogen-bond donors (Lipinski definition) is 3. The van der Waals surface area contributed by atoms with Crippen molar-refractivity contribution in [2.45, 2.75) is 38.6 Å². The third kappa shape index (κ3) is 6.02. The van der Waals surface area contributed by atoms with Crippen molar-refractivity contribution >= 4 is 5.96 Å². The zero-order valence-corrected chi connectivity index (χ0v) is 16.7. The van der Waals surface area contributed by atoms with Crippen LogP contribution in [0.25, 0.3) is 0 Å². The molecule has 0 bridgehead atoms. The minimum absolute atomic E-state index is 0.199. The largest absolute Gasteiger partial charge is 0.508 e. The van der Waals surface area contributed by atoms with Crippen LogP contribution in [0.1, 0.15) is 43.6 Å². The van der Waals surface area contributed by atoms with Crippen LogP contribution >= 0.6 is 0 Å². The smallest absolute Gasteiger partial charge is 0.191 e. The van der Waals surface area contributed by atoms with Crippen molar-refractivity contribution in [1.29, 1.82) is 0 Å². The standard InChI is InChI=1S/C22H32N4O2/c1-2-23-22(24-13-5-7-18-9-11-19(27)12-10-18)25-17-20(21-8-6-16-28-21)26-14-3-4-15-26/h6,8-12,16,20,27H,2-5,7,13-15,17H2,1H3,(H2,23,24,25). The second-order valence-corrected chi connectivity index (χ2v) is 7.19. The van der Waals surface area contributed by atoms with Crippen LogP contribution in [-0.4, -0.2) is 48.7 Å². The molecule has 1 aliphatic heterocycles. The van der Waals surface area contributed by atoms with Gasteiger partial charge in [0, 0.05) is 13.1 Å². The van der Waals surface area contributed by atoms with Crippen LogP contribution < -0.4 is 10.6 Å². The van der Waals surface area contributed by atoms with Gasteiger partial charge in [0.15, 0.2) is 5.96 Å². The molecule has 6 nitrogen and oxygen atoms in total. The Kier molecular flexibility index (Phi) is 7.79. The van der Waals surface area contributed by atoms with Crippen LogP contribution in [0, 0.1) is 0 Å². The van der Waals surface area contributed by atoms with Gasteiger partial charge < -0.3 is 20.2 Å². The van der Waals surface area contributed by atoms with Crippen molar-refractivity contribution in [1.82, 2.24) is 15.5 Å². The number of guanidine groups is 1. The highest BCUT2D eigenvalue weighted by Gasteiger charge is 2.25. The van der Waals surface area contributed by atoms with E-state index >= 15 is 0 Å². The second kappa shape index (κ2) is 10.8. The summed E-state index contributed by atoms with van der Waals surface area (Å²) in [6.07, 6.45) is 6.21. The van der Waals surface area contributed by atoms with Gasteiger partial charge in [0.25, 0.3) is 0 Å². The average molecular weight is 385 g/mol. The molecule has 0 amide bonds. The first-order chi connectivity index (χ1) is 13.8. The van der Waals surface area contributed by atoms with Gasteiger partial charge >= 0.3 is 0 Å². The van der Waals surface area contributed by atoms with Gasteiger partial charge in [-0.2, -0.15) is 0 Å². The summed E-state index contributed by atoms with van der Waals surface area (Å²) in [6.45, 7) is 6.66. The summed E-state index contributed by atoms with van der Waals surface area (Å²) in [4.78, 5) is 7.30. The number of aryl methyl sites for hydroxylation is 1. The molecule has 3 rings (SSSR count). The minimum Gasteiger partial charge on any atom is -0.508 e. The number of hydrogen-bond acceptors (Lipinski definition) is 4. The van der Waals surface area contributed by atoms with Crippen LogP contribution in [-0.2, 0) is 6.42 Å². The van der Waals surface area contributed by atoms with E-state index in [1.54, 1.807) is 18.4 Å². The van der Waals surface area contributed by atoms with E-state index in [-0.39, 0.29) is 6.04 Å². The van der Waals surface area contributed by atoms with Gasteiger partial charge in [-0.05, 0) is 75.5 Å². The lowest BCUT2D eigenvalue weighted by atomic mass is 10.1. The van der Waals surface area contributed by atoms with E-state index < -0.39 is 0 Å². The summed E-state index contributed by atoms with van der Waals surface area (Å²) in [7, 11) is 0. The fourth-order valence-corrected chi connectivity index (χ4v) is 3.60. The maximum atomic E-state index is 9.36. The summed E-state index contributed by atoms with van der Waals surface area (Å²) < 4.78 is 5.69. The fourth-order valence-electron chi connectivity index (χ4n) is 3.60. The number of benzene rings is 1. The Morgan fingerprint density at radius 3 is 2.64 bits per heavy atom. The van der Waals surface area contributed by atoms with Crippen molar-refractivity contribution in [3.05, 3.63) is 54.0 Å². The lowest BCUT2D eigenvalue weighted by Crippen LogP contribution is -2.39. The van der Waals surface area contributed by atoms with E-state index in [0.717, 1.165) is 50.7 Å². The summed E-state index contributed by atoms with van der Waals surface area (Å²) in [5, 5.41) is 16.1. The summed E-state index contributed by atoms with van der Waals surface area (Å²) in [6, 6.07) is 11.6. The van der Waals surface area contributed by atoms with Crippen LogP contribution in [0.2, 0.25) is 0 Å². The molecule has 1 unspecified atom stereocenters. The highest BCUT2D eigenvalue weighted by Crippen LogP contribution is 2.25. The van der Waals surface area contributed by atoms with Gasteiger partial charge in [-0.1, -0.05) is 12.1 Å². The number of phenolic OH excluding ortho intramolecular Hbond substituents is 1. The Labute approximate surface area is 167 Å². The molecular formula is C22H32N4O2. The van der Waals surface area contributed by atoms with Gasteiger partial charge in [0.2, 0.25) is 0 Å². The third-order valence-electron chi connectivity index (χ3n) is 5.09. The van der Waals surface area contributed by atoms with Crippen LogP contribution in [0.15, 0.2) is 52.1 Å². The molecule has 0 saturated carbocycles. The van der Waals surface area contributed by atoms with E-state index in [9.17, 15) is 5.11 Å². The van der Waals surface area contributed by atoms with Crippen molar-refractivity contribution in [3.63, 3.8) is 0 Å². The molecule has 1 atom stereocenters. The molecule has 1 aromatic carbocycles. The quantitative estimate of drug-likeness (QED) is 0.351. The number of aromatic hydroxyl groups is 1. The van der Waals surface area contributed by atoms with E-state index in [1.807, 2.05) is 18.2 Å². The third-order valence-corrected chi connectivity index (χ3v) is 5.09. The van der Waals surface area contributed by atoms with Gasteiger partial charge in [0.1, 0.15) is 11.5 Å². The Hall–Kier alpha value is -2.47. The number of phenols is 1. The number of rotatable bonds is 9. The van der Waals surface area contributed by atoms with Crippen molar-refractivity contribution in [3.8, 4) is 5.75 Å². The Balaban J connectivity index is 1.52. The number of likely N-dealkylation sites (tertiary alicyclic amines) is 1. The van der Waals surface area contributed by atoms with E-state index in [1.165, 1.54) is 18.4 Å². The summed E-state index contributed by atoms with van der Waals surface area (Å²) in [5.41, 5.74) is 1.23. The molecule has 0 radical (unpaired) electrons. The molecule has 1 fully saturated rings. The Morgan fingerprint density at radius 1 is 1.18 bits per heavy atom. The van der Waals surface area contributed by atoms with Crippen LogP contribution in [0.5, 0.6) is 5.75 Å². The van der Waals surface area contributed by atoms with Gasteiger partial charge in [-0.15, -0.1) is 0 Å². The van der Waals surface area contributed by atoms with E-state index in [4.69, 9.17) is 9.41 Å².